The lowest BCUT2D eigenvalue weighted by Gasteiger charge is -2.28. The van der Waals surface area contributed by atoms with Gasteiger partial charge in [0.25, 0.3) is 0 Å². The Morgan fingerprint density at radius 3 is 3.06 bits per heavy atom. The molecule has 4 nitrogen and oxygen atoms in total. The average molecular weight is 248 g/mol. The molecule has 0 aromatic carbocycles. The van der Waals surface area contributed by atoms with Crippen LogP contribution in [0.4, 0.5) is 5.82 Å². The number of piperidine rings is 1. The van der Waals surface area contributed by atoms with Gasteiger partial charge >= 0.3 is 0 Å². The zero-order valence-corrected chi connectivity index (χ0v) is 11.5. The minimum absolute atomic E-state index is 0.744. The van der Waals surface area contributed by atoms with Crippen molar-refractivity contribution in [3.63, 3.8) is 0 Å². The van der Waals surface area contributed by atoms with Crippen LogP contribution in [0.1, 0.15) is 31.9 Å². The Kier molecular flexibility index (Phi) is 4.93. The van der Waals surface area contributed by atoms with E-state index in [-0.39, 0.29) is 0 Å². The van der Waals surface area contributed by atoms with Gasteiger partial charge in [-0.2, -0.15) is 0 Å². The summed E-state index contributed by atoms with van der Waals surface area (Å²) in [6.07, 6.45) is 6.48. The van der Waals surface area contributed by atoms with Crippen molar-refractivity contribution < 1.29 is 0 Å². The van der Waals surface area contributed by atoms with Crippen molar-refractivity contribution in [3.05, 3.63) is 18.1 Å². The summed E-state index contributed by atoms with van der Waals surface area (Å²) < 4.78 is 0. The minimum Gasteiger partial charge on any atom is -0.359 e. The van der Waals surface area contributed by atoms with Crippen molar-refractivity contribution in [1.82, 2.24) is 15.3 Å². The topological polar surface area (TPSA) is 41.0 Å². The van der Waals surface area contributed by atoms with Crippen molar-refractivity contribution in [2.24, 2.45) is 5.92 Å². The lowest BCUT2D eigenvalue weighted by Crippen LogP contribution is -2.37. The summed E-state index contributed by atoms with van der Waals surface area (Å²) in [5, 5.41) is 3.46. The molecule has 1 atom stereocenters. The Morgan fingerprint density at radius 2 is 2.33 bits per heavy atom. The normalized spacial score (nSPS) is 19.8. The van der Waals surface area contributed by atoms with E-state index in [0.29, 0.717) is 0 Å². The molecule has 1 saturated heterocycles. The van der Waals surface area contributed by atoms with Gasteiger partial charge in [0.15, 0.2) is 0 Å². The van der Waals surface area contributed by atoms with E-state index in [4.69, 9.17) is 0 Å². The van der Waals surface area contributed by atoms with Crippen molar-refractivity contribution >= 4 is 5.82 Å². The second-order valence-corrected chi connectivity index (χ2v) is 5.21. The predicted octanol–water partition coefficient (Wildman–Crippen LogP) is 1.86. The highest BCUT2D eigenvalue weighted by Crippen LogP contribution is 2.16. The van der Waals surface area contributed by atoms with Gasteiger partial charge in [-0.3, -0.25) is 0 Å². The first-order chi connectivity index (χ1) is 8.79. The molecule has 0 saturated carbocycles. The molecule has 18 heavy (non-hydrogen) atoms. The smallest absolute Gasteiger partial charge is 0.131 e. The van der Waals surface area contributed by atoms with Crippen molar-refractivity contribution in [2.45, 2.75) is 32.6 Å². The lowest BCUT2D eigenvalue weighted by atomic mass is 9.99. The van der Waals surface area contributed by atoms with Crippen molar-refractivity contribution in [1.29, 1.82) is 0 Å². The first-order valence-corrected chi connectivity index (χ1v) is 7.02. The lowest BCUT2D eigenvalue weighted by molar-refractivity contribution is 0.380. The van der Waals surface area contributed by atoms with Crippen LogP contribution in [0.2, 0.25) is 0 Å². The van der Waals surface area contributed by atoms with Gasteiger partial charge in [0, 0.05) is 25.4 Å². The van der Waals surface area contributed by atoms with Crippen LogP contribution in [0.5, 0.6) is 0 Å². The van der Waals surface area contributed by atoms with E-state index in [1.807, 2.05) is 0 Å². The quantitative estimate of drug-likeness (QED) is 0.863. The van der Waals surface area contributed by atoms with Gasteiger partial charge in [-0.1, -0.05) is 13.3 Å². The summed E-state index contributed by atoms with van der Waals surface area (Å²) >= 11 is 0. The van der Waals surface area contributed by atoms with Gasteiger partial charge in [-0.15, -0.1) is 0 Å². The molecule has 1 aliphatic rings. The maximum absolute atomic E-state index is 4.38. The molecule has 0 aliphatic carbocycles. The number of nitrogens with one attached hydrogen (secondary N) is 1. The second-order valence-electron chi connectivity index (χ2n) is 5.21. The van der Waals surface area contributed by atoms with E-state index >= 15 is 0 Å². The van der Waals surface area contributed by atoms with Crippen LogP contribution >= 0.6 is 0 Å². The summed E-state index contributed by atoms with van der Waals surface area (Å²) in [4.78, 5) is 11.0. The van der Waals surface area contributed by atoms with Crippen molar-refractivity contribution in [3.8, 4) is 0 Å². The summed E-state index contributed by atoms with van der Waals surface area (Å²) in [6, 6.07) is 2.12. The molecule has 2 heterocycles. The highest BCUT2D eigenvalue weighted by molar-refractivity contribution is 5.37. The Labute approximate surface area is 110 Å². The van der Waals surface area contributed by atoms with E-state index in [9.17, 15) is 0 Å². The van der Waals surface area contributed by atoms with Gasteiger partial charge in [-0.25, -0.2) is 9.97 Å². The summed E-state index contributed by atoms with van der Waals surface area (Å²) in [5.74, 6) is 1.80. The fraction of sp³-hybridized carbons (Fsp3) is 0.714. The SMILES string of the molecule is CCCc1cc(N(C)CC2CCCNC2)ncn1. The summed E-state index contributed by atoms with van der Waals surface area (Å²) in [6.45, 7) is 5.57. The van der Waals surface area contributed by atoms with E-state index in [1.165, 1.54) is 19.4 Å². The number of rotatable bonds is 5. The molecule has 1 aliphatic heterocycles. The maximum Gasteiger partial charge on any atom is 0.131 e. The summed E-state index contributed by atoms with van der Waals surface area (Å²) in [5.41, 5.74) is 1.15. The Hall–Kier alpha value is -1.16. The molecule has 100 valence electrons. The molecule has 1 fully saturated rings. The van der Waals surface area contributed by atoms with Gasteiger partial charge < -0.3 is 10.2 Å². The van der Waals surface area contributed by atoms with Gasteiger partial charge in [0.2, 0.25) is 0 Å². The number of hydrogen-bond acceptors (Lipinski definition) is 4. The zero-order valence-electron chi connectivity index (χ0n) is 11.5. The monoisotopic (exact) mass is 248 g/mol. The van der Waals surface area contributed by atoms with Crippen LogP contribution in [-0.4, -0.2) is 36.6 Å². The molecule has 0 spiro atoms. The van der Waals surface area contributed by atoms with E-state index in [1.54, 1.807) is 6.33 Å². The molecule has 4 heteroatoms. The number of aromatic nitrogens is 2. The largest absolute Gasteiger partial charge is 0.359 e. The molecule has 1 N–H and O–H groups in total. The van der Waals surface area contributed by atoms with Gasteiger partial charge in [-0.05, 0) is 38.3 Å². The molecule has 0 amide bonds. The van der Waals surface area contributed by atoms with E-state index in [2.05, 4.69) is 40.2 Å². The van der Waals surface area contributed by atoms with Gasteiger partial charge in [0.1, 0.15) is 12.1 Å². The highest BCUT2D eigenvalue weighted by Gasteiger charge is 2.15. The number of anilines is 1. The third kappa shape index (κ3) is 3.67. The van der Waals surface area contributed by atoms with Crippen LogP contribution < -0.4 is 10.2 Å². The first kappa shape index (κ1) is 13.3. The van der Waals surface area contributed by atoms with Crippen LogP contribution in [0.3, 0.4) is 0 Å². The number of hydrogen-bond donors (Lipinski definition) is 1. The van der Waals surface area contributed by atoms with Crippen molar-refractivity contribution in [2.75, 3.05) is 31.6 Å². The molecular formula is C14H24N4. The highest BCUT2D eigenvalue weighted by atomic mass is 15.2. The first-order valence-electron chi connectivity index (χ1n) is 7.02. The molecule has 2 rings (SSSR count). The van der Waals surface area contributed by atoms with E-state index in [0.717, 1.165) is 43.4 Å². The maximum atomic E-state index is 4.38. The standard InChI is InChI=1S/C14H24N4/c1-3-5-13-8-14(17-11-16-13)18(2)10-12-6-4-7-15-9-12/h8,11-12,15H,3-7,9-10H2,1-2H3. The molecule has 1 aromatic heterocycles. The summed E-state index contributed by atoms with van der Waals surface area (Å²) in [7, 11) is 2.13. The van der Waals surface area contributed by atoms with Crippen LogP contribution in [0, 0.1) is 5.92 Å². The average Bonchev–Trinajstić information content (AvgIpc) is 2.40. The number of nitrogens with zero attached hydrogens (tertiary/aromatic N) is 3. The Bertz CT molecular complexity index is 361. The molecular weight excluding hydrogens is 224 g/mol. The van der Waals surface area contributed by atoms with Crippen LogP contribution in [0.25, 0.3) is 0 Å². The molecule has 1 aromatic rings. The second kappa shape index (κ2) is 6.69. The zero-order chi connectivity index (χ0) is 12.8. The fourth-order valence-electron chi connectivity index (χ4n) is 2.55. The Morgan fingerprint density at radius 1 is 1.44 bits per heavy atom. The predicted molar refractivity (Wildman–Crippen MR) is 74.9 cm³/mol. The Balaban J connectivity index is 1.94. The minimum atomic E-state index is 0.744. The number of aryl methyl sites for hydroxylation is 1. The van der Waals surface area contributed by atoms with Crippen LogP contribution in [0.15, 0.2) is 12.4 Å². The molecule has 1 unspecified atom stereocenters. The van der Waals surface area contributed by atoms with Gasteiger partial charge in [0.05, 0.1) is 0 Å². The van der Waals surface area contributed by atoms with Crippen LogP contribution in [-0.2, 0) is 6.42 Å². The third-order valence-electron chi connectivity index (χ3n) is 3.54. The molecule has 0 radical (unpaired) electrons. The molecule has 0 bridgehead atoms. The third-order valence-corrected chi connectivity index (χ3v) is 3.54. The van der Waals surface area contributed by atoms with E-state index < -0.39 is 0 Å². The fourth-order valence-corrected chi connectivity index (χ4v) is 2.55.